The second-order valence-corrected chi connectivity index (χ2v) is 8.43. The first-order valence-corrected chi connectivity index (χ1v) is 10.7. The lowest BCUT2D eigenvalue weighted by molar-refractivity contribution is 0.222. The van der Waals surface area contributed by atoms with Gasteiger partial charge in [0.05, 0.1) is 5.70 Å². The van der Waals surface area contributed by atoms with Gasteiger partial charge in [-0.1, -0.05) is 53.6 Å². The highest BCUT2D eigenvalue weighted by Gasteiger charge is 2.41. The number of hydrogen-bond acceptors (Lipinski definition) is 4. The Bertz CT molecular complexity index is 1380. The maximum absolute atomic E-state index is 14.2. The highest BCUT2D eigenvalue weighted by atomic mass is 35.5. The molecule has 6 rings (SSSR count). The summed E-state index contributed by atoms with van der Waals surface area (Å²) in [6, 6.07) is 20.0. The highest BCUT2D eigenvalue weighted by molar-refractivity contribution is 6.30. The molecule has 0 saturated heterocycles. The van der Waals surface area contributed by atoms with Gasteiger partial charge < -0.3 is 10.1 Å². The molecule has 32 heavy (non-hydrogen) atoms. The van der Waals surface area contributed by atoms with Gasteiger partial charge in [-0.3, -0.25) is 0 Å². The fourth-order valence-electron chi connectivity index (χ4n) is 4.46. The third kappa shape index (κ3) is 2.99. The summed E-state index contributed by atoms with van der Waals surface area (Å²) in [7, 11) is 0. The van der Waals surface area contributed by atoms with Crippen LogP contribution in [0.5, 0.6) is 5.75 Å². The summed E-state index contributed by atoms with van der Waals surface area (Å²) in [5, 5.41) is 8.53. The average molecular weight is 445 g/mol. The molecule has 1 N–H and O–H groups in total. The molecule has 3 heterocycles. The molecule has 2 aliphatic rings. The van der Waals surface area contributed by atoms with Crippen LogP contribution in [0.4, 0.5) is 10.3 Å². The first-order valence-electron chi connectivity index (χ1n) is 10.3. The molecule has 2 aliphatic heterocycles. The average Bonchev–Trinajstić information content (AvgIpc) is 3.26. The number of ether oxygens (including phenoxy) is 1. The van der Waals surface area contributed by atoms with Crippen LogP contribution >= 0.6 is 11.6 Å². The van der Waals surface area contributed by atoms with E-state index < -0.39 is 6.10 Å². The number of nitrogens with zero attached hydrogens (tertiary/aromatic N) is 3. The number of aryl methyl sites for hydroxylation is 1. The van der Waals surface area contributed by atoms with E-state index in [0.29, 0.717) is 16.7 Å². The maximum Gasteiger partial charge on any atom is 0.226 e. The number of hydrogen-bond donors (Lipinski definition) is 1. The fourth-order valence-corrected chi connectivity index (χ4v) is 4.63. The minimum absolute atomic E-state index is 0.287. The topological polar surface area (TPSA) is 52.0 Å². The molecular formula is C25H18ClFN4O. The van der Waals surface area contributed by atoms with Crippen molar-refractivity contribution in [1.82, 2.24) is 14.8 Å². The van der Waals surface area contributed by atoms with Crippen LogP contribution in [0.15, 0.2) is 78.6 Å². The van der Waals surface area contributed by atoms with Gasteiger partial charge in [0, 0.05) is 16.2 Å². The van der Waals surface area contributed by atoms with Crippen molar-refractivity contribution in [2.45, 2.75) is 19.1 Å². The lowest BCUT2D eigenvalue weighted by Gasteiger charge is -2.39. The van der Waals surface area contributed by atoms with Crippen LogP contribution in [0.3, 0.4) is 0 Å². The Morgan fingerprint density at radius 3 is 2.69 bits per heavy atom. The zero-order valence-electron chi connectivity index (χ0n) is 17.1. The van der Waals surface area contributed by atoms with Crippen LogP contribution in [0, 0.1) is 12.7 Å². The van der Waals surface area contributed by atoms with Crippen molar-refractivity contribution in [1.29, 1.82) is 0 Å². The Morgan fingerprint density at radius 2 is 1.88 bits per heavy atom. The van der Waals surface area contributed by atoms with Crippen LogP contribution in [-0.2, 0) is 0 Å². The zero-order chi connectivity index (χ0) is 21.8. The van der Waals surface area contributed by atoms with E-state index in [-0.39, 0.29) is 11.9 Å². The van der Waals surface area contributed by atoms with Gasteiger partial charge >= 0.3 is 0 Å². The van der Waals surface area contributed by atoms with Crippen molar-refractivity contribution in [3.63, 3.8) is 0 Å². The van der Waals surface area contributed by atoms with Gasteiger partial charge in [-0.15, -0.1) is 0 Å². The van der Waals surface area contributed by atoms with Crippen molar-refractivity contribution >= 4 is 23.2 Å². The maximum atomic E-state index is 14.2. The molecule has 158 valence electrons. The summed E-state index contributed by atoms with van der Waals surface area (Å²) >= 11 is 6.34. The van der Waals surface area contributed by atoms with E-state index in [0.717, 1.165) is 33.5 Å². The molecule has 2 unspecified atom stereocenters. The lowest BCUT2D eigenvalue weighted by atomic mass is 9.84. The summed E-state index contributed by atoms with van der Waals surface area (Å²) in [6.07, 6.45) is 1.00. The summed E-state index contributed by atoms with van der Waals surface area (Å²) < 4.78 is 22.5. The van der Waals surface area contributed by atoms with Crippen molar-refractivity contribution in [3.05, 3.63) is 112 Å². The van der Waals surface area contributed by atoms with Crippen molar-refractivity contribution in [3.8, 4) is 5.75 Å². The van der Waals surface area contributed by atoms with E-state index in [9.17, 15) is 4.39 Å². The third-order valence-electron chi connectivity index (χ3n) is 5.92. The minimum atomic E-state index is -0.523. The molecular weight excluding hydrogens is 427 g/mol. The largest absolute Gasteiger partial charge is 0.480 e. The van der Waals surface area contributed by atoms with Crippen LogP contribution in [0.1, 0.15) is 34.4 Å². The van der Waals surface area contributed by atoms with Crippen molar-refractivity contribution in [2.75, 3.05) is 5.32 Å². The Labute approximate surface area is 189 Å². The quantitative estimate of drug-likeness (QED) is 0.415. The highest BCUT2D eigenvalue weighted by Crippen LogP contribution is 2.51. The molecule has 0 spiro atoms. The van der Waals surface area contributed by atoms with Crippen LogP contribution in [0.2, 0.25) is 5.02 Å². The number of anilines is 1. The van der Waals surface area contributed by atoms with E-state index in [2.05, 4.69) is 46.6 Å². The molecule has 2 atom stereocenters. The number of rotatable bonds is 2. The van der Waals surface area contributed by atoms with E-state index in [1.807, 2.05) is 22.9 Å². The van der Waals surface area contributed by atoms with Gasteiger partial charge in [0.25, 0.3) is 0 Å². The molecule has 1 aromatic heterocycles. The van der Waals surface area contributed by atoms with Crippen molar-refractivity contribution in [2.24, 2.45) is 0 Å². The zero-order valence-corrected chi connectivity index (χ0v) is 17.8. The first-order chi connectivity index (χ1) is 15.6. The second-order valence-electron chi connectivity index (χ2n) is 7.99. The fraction of sp³-hybridized carbons (Fsp3) is 0.120. The summed E-state index contributed by atoms with van der Waals surface area (Å²) in [6.45, 7) is 2.05. The smallest absolute Gasteiger partial charge is 0.226 e. The lowest BCUT2D eigenvalue weighted by Crippen LogP contribution is -2.32. The molecule has 5 nitrogen and oxygen atoms in total. The molecule has 4 aromatic rings. The summed E-state index contributed by atoms with van der Waals surface area (Å²) in [5.74, 6) is 0.984. The van der Waals surface area contributed by atoms with Crippen LogP contribution in [-0.4, -0.2) is 14.8 Å². The number of fused-ring (bicyclic) bond motifs is 3. The van der Waals surface area contributed by atoms with Gasteiger partial charge in [0.15, 0.2) is 0 Å². The summed E-state index contributed by atoms with van der Waals surface area (Å²) in [4.78, 5) is 4.42. The van der Waals surface area contributed by atoms with E-state index in [1.165, 1.54) is 18.5 Å². The number of benzene rings is 3. The van der Waals surface area contributed by atoms with Gasteiger partial charge in [-0.05, 0) is 48.4 Å². The number of nitrogens with one attached hydrogen (secondary N) is 1. The molecule has 0 radical (unpaired) electrons. The molecule has 0 saturated carbocycles. The Kier molecular flexibility index (Phi) is 4.30. The van der Waals surface area contributed by atoms with Gasteiger partial charge in [0.1, 0.15) is 30.0 Å². The molecule has 0 bridgehead atoms. The molecule has 0 aliphatic carbocycles. The molecule has 3 aromatic carbocycles. The van der Waals surface area contributed by atoms with Crippen molar-refractivity contribution < 1.29 is 9.13 Å². The Morgan fingerprint density at radius 1 is 1.03 bits per heavy atom. The van der Waals surface area contributed by atoms with Gasteiger partial charge in [0.2, 0.25) is 5.95 Å². The molecule has 0 amide bonds. The van der Waals surface area contributed by atoms with Gasteiger partial charge in [-0.25, -0.2) is 9.07 Å². The monoisotopic (exact) mass is 444 g/mol. The molecule has 0 fully saturated rings. The Hall–Kier alpha value is -3.64. The Balaban J connectivity index is 1.64. The van der Waals surface area contributed by atoms with E-state index >= 15 is 0 Å². The molecule has 7 heteroatoms. The number of halogens is 2. The van der Waals surface area contributed by atoms with Crippen LogP contribution in [0.25, 0.3) is 5.70 Å². The third-order valence-corrected chi connectivity index (χ3v) is 6.16. The summed E-state index contributed by atoms with van der Waals surface area (Å²) in [5.41, 5.74) is 5.54. The minimum Gasteiger partial charge on any atom is -0.480 e. The van der Waals surface area contributed by atoms with E-state index in [4.69, 9.17) is 16.3 Å². The van der Waals surface area contributed by atoms with E-state index in [1.54, 1.807) is 12.1 Å². The normalized spacial score (nSPS) is 18.8. The van der Waals surface area contributed by atoms with Gasteiger partial charge in [-0.2, -0.15) is 10.1 Å². The predicted molar refractivity (Wildman–Crippen MR) is 121 cm³/mol. The first kappa shape index (κ1) is 19.1. The SMILES string of the molecule is Cc1ccc(C2C3=C(Nc4ncnn42)c2cc(Cl)ccc2OC3c2cccc(F)c2)cc1. The standard InChI is InChI=1S/C25H18ClFN4O/c1-14-5-7-15(8-6-14)23-21-22(30-25-28-13-29-31(23)25)19-12-17(26)9-10-20(19)32-24(21)16-3-2-4-18(27)11-16/h2-13,23-24H,1H3,(H,28,29,30). The second kappa shape index (κ2) is 7.21. The predicted octanol–water partition coefficient (Wildman–Crippen LogP) is 5.94. The number of aromatic nitrogens is 3. The van der Waals surface area contributed by atoms with Crippen LogP contribution < -0.4 is 10.1 Å².